The molecule has 0 unspecified atom stereocenters. The van der Waals surface area contributed by atoms with Crippen LogP contribution in [0.5, 0.6) is 0 Å². The van der Waals surface area contributed by atoms with E-state index >= 15 is 0 Å². The molecular weight excluding hydrogens is 167 g/mol. The molecule has 0 aromatic heterocycles. The van der Waals surface area contributed by atoms with E-state index in [9.17, 15) is 4.79 Å². The van der Waals surface area contributed by atoms with Crippen LogP contribution in [0.25, 0.3) is 0 Å². The predicted molar refractivity (Wildman–Crippen MR) is 38.7 cm³/mol. The van der Waals surface area contributed by atoms with Crippen molar-refractivity contribution in [3.05, 3.63) is 0 Å². The maximum atomic E-state index is 10.3. The van der Waals surface area contributed by atoms with Crippen molar-refractivity contribution in [2.75, 3.05) is 0 Å². The average Bonchev–Trinajstić information content (AvgIpc) is 1.67. The first kappa shape index (κ1) is 8.60. The minimum atomic E-state index is -1.29. The molecule has 48 valence electrons. The largest absolute Gasteiger partial charge is 0.284 e. The van der Waals surface area contributed by atoms with E-state index in [1.807, 2.05) is 0 Å². The molecule has 0 rings (SSSR count). The van der Waals surface area contributed by atoms with Crippen molar-refractivity contribution in [1.82, 2.24) is 0 Å². The fourth-order valence-electron chi connectivity index (χ4n) is 0.151. The first-order valence-corrected chi connectivity index (χ1v) is 3.32. The number of carbonyl (C=O) groups excluding carboxylic acids is 1. The predicted octanol–water partition coefficient (Wildman–Crippen LogP) is 2.03. The zero-order valence-corrected chi connectivity index (χ0v) is 6.72. The monoisotopic (exact) mass is 172 g/mol. The van der Waals surface area contributed by atoms with Gasteiger partial charge in [0, 0.05) is 0 Å². The fourth-order valence-corrected chi connectivity index (χ4v) is 0.309. The van der Waals surface area contributed by atoms with Crippen LogP contribution in [0.4, 0.5) is 0 Å². The minimum Gasteiger partial charge on any atom is -0.284 e. The lowest BCUT2D eigenvalue weighted by atomic mass is 10.3. The molecule has 0 radical (unpaired) electrons. The Morgan fingerprint density at radius 1 is 1.75 bits per heavy atom. The van der Waals surface area contributed by atoms with Crippen molar-refractivity contribution in [3.8, 4) is 0 Å². The molecular formula is C4H6Cl2OS. The molecule has 1 nitrogen and oxygen atoms in total. The van der Waals surface area contributed by atoms with E-state index in [0.717, 1.165) is 0 Å². The topological polar surface area (TPSA) is 17.1 Å². The van der Waals surface area contributed by atoms with Crippen LogP contribution < -0.4 is 0 Å². The zero-order chi connectivity index (χ0) is 6.78. The van der Waals surface area contributed by atoms with Gasteiger partial charge in [-0.25, -0.2) is 0 Å². The number of alkyl halides is 2. The van der Waals surface area contributed by atoms with Crippen LogP contribution >= 0.6 is 35.8 Å². The van der Waals surface area contributed by atoms with Gasteiger partial charge in [0.2, 0.25) is 5.12 Å². The second-order valence-corrected chi connectivity index (χ2v) is 3.25. The van der Waals surface area contributed by atoms with Gasteiger partial charge in [0.05, 0.1) is 0 Å². The summed E-state index contributed by atoms with van der Waals surface area (Å²) in [5.41, 5.74) is 0. The Labute approximate surface area is 63.8 Å². The fraction of sp³-hybridized carbons (Fsp3) is 0.750. The van der Waals surface area contributed by atoms with Crippen LogP contribution in [0.15, 0.2) is 0 Å². The number of hydrogen-bond acceptors (Lipinski definition) is 1. The molecule has 0 aliphatic carbocycles. The first-order chi connectivity index (χ1) is 3.50. The lowest BCUT2D eigenvalue weighted by Crippen LogP contribution is -2.19. The van der Waals surface area contributed by atoms with Gasteiger partial charge in [-0.1, -0.05) is 30.1 Å². The average molecular weight is 173 g/mol. The molecule has 0 N–H and O–H groups in total. The van der Waals surface area contributed by atoms with Gasteiger partial charge in [-0.15, -0.1) is 12.6 Å². The lowest BCUT2D eigenvalue weighted by Gasteiger charge is -2.09. The third kappa shape index (κ3) is 2.25. The Balaban J connectivity index is 3.91. The molecule has 0 aliphatic heterocycles. The normalized spacial score (nSPS) is 11.5. The van der Waals surface area contributed by atoms with Crippen molar-refractivity contribution in [2.45, 2.75) is 17.7 Å². The summed E-state index contributed by atoms with van der Waals surface area (Å²) >= 11 is 14.2. The molecule has 0 bridgehead atoms. The molecule has 0 aromatic carbocycles. The Morgan fingerprint density at radius 2 is 2.12 bits per heavy atom. The SMILES string of the molecule is CCC(Cl)(Cl)C(=O)S. The van der Waals surface area contributed by atoms with E-state index in [1.54, 1.807) is 6.92 Å². The third-order valence-corrected chi connectivity index (χ3v) is 2.28. The summed E-state index contributed by atoms with van der Waals surface area (Å²) in [5, 5.41) is -0.497. The van der Waals surface area contributed by atoms with Gasteiger partial charge >= 0.3 is 0 Å². The molecule has 4 heteroatoms. The van der Waals surface area contributed by atoms with Gasteiger partial charge in [-0.3, -0.25) is 4.79 Å². The van der Waals surface area contributed by atoms with Crippen molar-refractivity contribution < 1.29 is 4.79 Å². The van der Waals surface area contributed by atoms with E-state index in [-0.39, 0.29) is 0 Å². The number of hydrogen-bond donors (Lipinski definition) is 1. The minimum absolute atomic E-state index is 0.387. The third-order valence-electron chi connectivity index (χ3n) is 0.757. The summed E-state index contributed by atoms with van der Waals surface area (Å²) in [5.74, 6) is 0. The molecule has 0 spiro atoms. The maximum Gasteiger partial charge on any atom is 0.221 e. The lowest BCUT2D eigenvalue weighted by molar-refractivity contribution is -0.111. The van der Waals surface area contributed by atoms with E-state index in [2.05, 4.69) is 12.6 Å². The number of halogens is 2. The van der Waals surface area contributed by atoms with E-state index in [1.165, 1.54) is 0 Å². The van der Waals surface area contributed by atoms with Gasteiger partial charge in [0.1, 0.15) is 0 Å². The van der Waals surface area contributed by atoms with Gasteiger partial charge in [0.25, 0.3) is 0 Å². The summed E-state index contributed by atoms with van der Waals surface area (Å²) in [6.07, 6.45) is 0.387. The van der Waals surface area contributed by atoms with Crippen LogP contribution in [0.1, 0.15) is 13.3 Å². The van der Waals surface area contributed by atoms with Crippen molar-refractivity contribution in [2.24, 2.45) is 0 Å². The van der Waals surface area contributed by atoms with Gasteiger partial charge < -0.3 is 0 Å². The summed E-state index contributed by atoms with van der Waals surface area (Å²) < 4.78 is -1.29. The molecule has 0 fully saturated rings. The molecule has 0 atom stereocenters. The molecule has 0 heterocycles. The van der Waals surface area contributed by atoms with Gasteiger partial charge in [0.15, 0.2) is 4.33 Å². The van der Waals surface area contributed by atoms with Crippen LogP contribution in [0, 0.1) is 0 Å². The van der Waals surface area contributed by atoms with Crippen LogP contribution in [0.3, 0.4) is 0 Å². The number of carbonyl (C=O) groups is 1. The summed E-state index contributed by atoms with van der Waals surface area (Å²) in [6, 6.07) is 0. The highest BCUT2D eigenvalue weighted by molar-refractivity contribution is 7.97. The molecule has 0 saturated heterocycles. The van der Waals surface area contributed by atoms with E-state index in [4.69, 9.17) is 23.2 Å². The highest BCUT2D eigenvalue weighted by Crippen LogP contribution is 2.26. The zero-order valence-electron chi connectivity index (χ0n) is 4.32. The molecule has 8 heavy (non-hydrogen) atoms. The summed E-state index contributed by atoms with van der Waals surface area (Å²) in [4.78, 5) is 10.3. The molecule has 0 aromatic rings. The smallest absolute Gasteiger partial charge is 0.221 e. The standard InChI is InChI=1S/C4H6Cl2OS/c1-2-4(5,6)3(7)8/h2H2,1H3,(H,7,8). The van der Waals surface area contributed by atoms with Crippen molar-refractivity contribution in [1.29, 1.82) is 0 Å². The Morgan fingerprint density at radius 3 is 2.12 bits per heavy atom. The van der Waals surface area contributed by atoms with Crippen molar-refractivity contribution >= 4 is 40.9 Å². The van der Waals surface area contributed by atoms with E-state index < -0.39 is 9.45 Å². The van der Waals surface area contributed by atoms with Crippen LogP contribution in [0.2, 0.25) is 0 Å². The Kier molecular flexibility index (Phi) is 3.17. The molecule has 0 amide bonds. The van der Waals surface area contributed by atoms with Crippen molar-refractivity contribution in [3.63, 3.8) is 0 Å². The van der Waals surface area contributed by atoms with Gasteiger partial charge in [-0.2, -0.15) is 0 Å². The Bertz CT molecular complexity index is 102. The maximum absolute atomic E-state index is 10.3. The highest BCUT2D eigenvalue weighted by atomic mass is 35.5. The highest BCUT2D eigenvalue weighted by Gasteiger charge is 2.27. The van der Waals surface area contributed by atoms with E-state index in [0.29, 0.717) is 6.42 Å². The Hall–Kier alpha value is 0.600. The second kappa shape index (κ2) is 2.95. The second-order valence-electron chi connectivity index (χ2n) is 1.36. The van der Waals surface area contributed by atoms with Crippen LogP contribution in [-0.2, 0) is 4.79 Å². The molecule has 0 saturated carbocycles. The summed E-state index contributed by atoms with van der Waals surface area (Å²) in [6.45, 7) is 1.72. The quantitative estimate of drug-likeness (QED) is 0.499. The molecule has 0 aliphatic rings. The number of rotatable bonds is 2. The van der Waals surface area contributed by atoms with Crippen LogP contribution in [-0.4, -0.2) is 9.45 Å². The first-order valence-electron chi connectivity index (χ1n) is 2.12. The number of thiol groups is 1. The summed E-state index contributed by atoms with van der Waals surface area (Å²) in [7, 11) is 0. The van der Waals surface area contributed by atoms with Gasteiger partial charge in [-0.05, 0) is 6.42 Å².